The van der Waals surface area contributed by atoms with Crippen molar-refractivity contribution in [3.63, 3.8) is 0 Å². The number of hydrogen-bond donors (Lipinski definition) is 1. The zero-order valence-corrected chi connectivity index (χ0v) is 8.83. The minimum atomic E-state index is -0.465. The highest BCUT2D eigenvalue weighted by Gasteiger charge is 2.08. The van der Waals surface area contributed by atoms with E-state index < -0.39 is 6.10 Å². The van der Waals surface area contributed by atoms with Gasteiger partial charge >= 0.3 is 0 Å². The summed E-state index contributed by atoms with van der Waals surface area (Å²) in [4.78, 5) is 4.14. The zero-order valence-electron chi connectivity index (χ0n) is 8.83. The fraction of sp³-hybridized carbons (Fsp3) is 0.400. The lowest BCUT2D eigenvalue weighted by Gasteiger charge is -2.10. The molecule has 0 saturated heterocycles. The summed E-state index contributed by atoms with van der Waals surface area (Å²) in [7, 11) is 1.86. The Hall–Kier alpha value is -1.62. The first kappa shape index (κ1) is 9.92. The van der Waals surface area contributed by atoms with Crippen LogP contribution in [0.15, 0.2) is 24.7 Å². The number of rotatable bonds is 3. The topological polar surface area (TPSA) is 55.9 Å². The van der Waals surface area contributed by atoms with Crippen LogP contribution in [0, 0.1) is 0 Å². The number of aliphatic hydroxyl groups excluding tert-OH is 1. The molecule has 0 radical (unpaired) electrons. The first-order valence-electron chi connectivity index (χ1n) is 4.84. The molecule has 0 fully saturated rings. The Morgan fingerprint density at radius 2 is 2.33 bits per heavy atom. The molecule has 15 heavy (non-hydrogen) atoms. The van der Waals surface area contributed by atoms with Gasteiger partial charge in [0.1, 0.15) is 12.2 Å². The van der Waals surface area contributed by atoms with Crippen LogP contribution >= 0.6 is 0 Å². The second kappa shape index (κ2) is 3.86. The van der Waals surface area contributed by atoms with Gasteiger partial charge in [-0.1, -0.05) is 0 Å². The maximum absolute atomic E-state index is 9.53. The van der Waals surface area contributed by atoms with Crippen molar-refractivity contribution in [1.82, 2.24) is 19.3 Å². The summed E-state index contributed by atoms with van der Waals surface area (Å²) < 4.78 is 3.69. The summed E-state index contributed by atoms with van der Waals surface area (Å²) in [5, 5.41) is 13.5. The highest BCUT2D eigenvalue weighted by atomic mass is 16.3. The van der Waals surface area contributed by atoms with Crippen molar-refractivity contribution < 1.29 is 5.11 Å². The maximum Gasteiger partial charge on any atom is 0.146 e. The second-order valence-corrected chi connectivity index (χ2v) is 3.54. The Labute approximate surface area is 88.0 Å². The SMILES string of the molecule is CC(O)c1cccn1Cc1ncnn1C. The molecule has 80 valence electrons. The van der Waals surface area contributed by atoms with Crippen molar-refractivity contribution in [3.8, 4) is 0 Å². The third-order valence-electron chi connectivity index (χ3n) is 2.41. The molecule has 5 heteroatoms. The second-order valence-electron chi connectivity index (χ2n) is 3.54. The van der Waals surface area contributed by atoms with Crippen LogP contribution in [0.3, 0.4) is 0 Å². The van der Waals surface area contributed by atoms with Crippen molar-refractivity contribution in [2.45, 2.75) is 19.6 Å². The molecule has 0 amide bonds. The molecule has 0 aromatic carbocycles. The lowest BCUT2D eigenvalue weighted by molar-refractivity contribution is 0.189. The summed E-state index contributed by atoms with van der Waals surface area (Å²) in [6.07, 6.45) is 2.99. The molecule has 0 spiro atoms. The lowest BCUT2D eigenvalue weighted by Crippen LogP contribution is -2.10. The van der Waals surface area contributed by atoms with Crippen LogP contribution in [-0.2, 0) is 13.6 Å². The molecule has 0 saturated carbocycles. The molecular formula is C10H14N4O. The van der Waals surface area contributed by atoms with Crippen LogP contribution in [0.4, 0.5) is 0 Å². The molecule has 2 aromatic heterocycles. The molecule has 1 atom stereocenters. The molecule has 0 aliphatic heterocycles. The van der Waals surface area contributed by atoms with Gasteiger partial charge in [-0.05, 0) is 19.1 Å². The van der Waals surface area contributed by atoms with Gasteiger partial charge in [-0.15, -0.1) is 0 Å². The summed E-state index contributed by atoms with van der Waals surface area (Å²) in [5.41, 5.74) is 0.887. The van der Waals surface area contributed by atoms with E-state index in [-0.39, 0.29) is 0 Å². The fourth-order valence-electron chi connectivity index (χ4n) is 1.57. The third kappa shape index (κ3) is 1.92. The Kier molecular flexibility index (Phi) is 2.55. The van der Waals surface area contributed by atoms with Crippen LogP contribution in [0.2, 0.25) is 0 Å². The van der Waals surface area contributed by atoms with E-state index in [4.69, 9.17) is 0 Å². The van der Waals surface area contributed by atoms with Gasteiger partial charge in [-0.2, -0.15) is 5.10 Å². The van der Waals surface area contributed by atoms with E-state index in [1.165, 1.54) is 6.33 Å². The van der Waals surface area contributed by atoms with E-state index in [2.05, 4.69) is 10.1 Å². The Balaban J connectivity index is 2.25. The van der Waals surface area contributed by atoms with E-state index in [1.54, 1.807) is 11.6 Å². The summed E-state index contributed by atoms with van der Waals surface area (Å²) >= 11 is 0. The molecule has 2 aromatic rings. The summed E-state index contributed by atoms with van der Waals surface area (Å²) in [5.74, 6) is 0.869. The largest absolute Gasteiger partial charge is 0.387 e. The highest BCUT2D eigenvalue weighted by Crippen LogP contribution is 2.13. The van der Waals surface area contributed by atoms with E-state index in [9.17, 15) is 5.11 Å². The predicted octanol–water partition coefficient (Wildman–Crippen LogP) is 0.718. The van der Waals surface area contributed by atoms with Gasteiger partial charge in [0.25, 0.3) is 0 Å². The number of nitrogens with zero attached hydrogens (tertiary/aromatic N) is 4. The van der Waals surface area contributed by atoms with Crippen molar-refractivity contribution in [2.24, 2.45) is 7.05 Å². The van der Waals surface area contributed by atoms with Crippen molar-refractivity contribution in [3.05, 3.63) is 36.2 Å². The van der Waals surface area contributed by atoms with Crippen molar-refractivity contribution >= 4 is 0 Å². The maximum atomic E-state index is 9.53. The van der Waals surface area contributed by atoms with Crippen LogP contribution in [-0.4, -0.2) is 24.4 Å². The fourth-order valence-corrected chi connectivity index (χ4v) is 1.57. The minimum Gasteiger partial charge on any atom is -0.387 e. The van der Waals surface area contributed by atoms with E-state index in [0.29, 0.717) is 6.54 Å². The van der Waals surface area contributed by atoms with Gasteiger partial charge in [-0.25, -0.2) is 4.98 Å². The monoisotopic (exact) mass is 206 g/mol. The molecular weight excluding hydrogens is 192 g/mol. The molecule has 5 nitrogen and oxygen atoms in total. The zero-order chi connectivity index (χ0) is 10.8. The van der Waals surface area contributed by atoms with Crippen molar-refractivity contribution in [2.75, 3.05) is 0 Å². The number of aryl methyl sites for hydroxylation is 1. The van der Waals surface area contributed by atoms with E-state index in [1.807, 2.05) is 29.9 Å². The molecule has 0 bridgehead atoms. The molecule has 0 aliphatic rings. The van der Waals surface area contributed by atoms with Crippen LogP contribution < -0.4 is 0 Å². The average Bonchev–Trinajstić information content (AvgIpc) is 2.77. The van der Waals surface area contributed by atoms with Gasteiger partial charge in [0, 0.05) is 18.9 Å². The summed E-state index contributed by atoms with van der Waals surface area (Å²) in [6.45, 7) is 2.38. The molecule has 0 aliphatic carbocycles. The van der Waals surface area contributed by atoms with Crippen molar-refractivity contribution in [1.29, 1.82) is 0 Å². The van der Waals surface area contributed by atoms with Gasteiger partial charge in [0.15, 0.2) is 0 Å². The predicted molar refractivity (Wildman–Crippen MR) is 55.2 cm³/mol. The molecule has 2 heterocycles. The average molecular weight is 206 g/mol. The van der Waals surface area contributed by atoms with Gasteiger partial charge in [-0.3, -0.25) is 4.68 Å². The van der Waals surface area contributed by atoms with Gasteiger partial charge < -0.3 is 9.67 Å². The number of aromatic nitrogens is 4. The Morgan fingerprint density at radius 1 is 1.53 bits per heavy atom. The summed E-state index contributed by atoms with van der Waals surface area (Å²) in [6, 6.07) is 3.82. The number of hydrogen-bond acceptors (Lipinski definition) is 3. The minimum absolute atomic E-state index is 0.465. The Bertz CT molecular complexity index is 444. The number of aliphatic hydroxyl groups is 1. The molecule has 1 N–H and O–H groups in total. The van der Waals surface area contributed by atoms with Gasteiger partial charge in [0.05, 0.1) is 12.6 Å². The third-order valence-corrected chi connectivity index (χ3v) is 2.41. The first-order chi connectivity index (χ1) is 7.18. The van der Waals surface area contributed by atoms with E-state index >= 15 is 0 Å². The molecule has 1 unspecified atom stereocenters. The quantitative estimate of drug-likeness (QED) is 0.805. The normalized spacial score (nSPS) is 13.0. The lowest BCUT2D eigenvalue weighted by atomic mass is 10.3. The van der Waals surface area contributed by atoms with Crippen LogP contribution in [0.1, 0.15) is 24.5 Å². The molecule has 2 rings (SSSR count). The highest BCUT2D eigenvalue weighted by molar-refractivity contribution is 5.10. The van der Waals surface area contributed by atoms with Gasteiger partial charge in [0.2, 0.25) is 0 Å². The first-order valence-corrected chi connectivity index (χ1v) is 4.84. The van der Waals surface area contributed by atoms with E-state index in [0.717, 1.165) is 11.5 Å². The smallest absolute Gasteiger partial charge is 0.146 e. The van der Waals surface area contributed by atoms with Crippen LogP contribution in [0.25, 0.3) is 0 Å². The Morgan fingerprint density at radius 3 is 2.93 bits per heavy atom. The van der Waals surface area contributed by atoms with Crippen LogP contribution in [0.5, 0.6) is 0 Å². The standard InChI is InChI=1S/C10H14N4O/c1-8(15)9-4-3-5-14(9)6-10-11-7-12-13(10)2/h3-5,7-8,15H,6H2,1-2H3.